The summed E-state index contributed by atoms with van der Waals surface area (Å²) in [5.41, 5.74) is 1.76. The fraction of sp³-hybridized carbons (Fsp3) is 0.231. The smallest absolute Gasteiger partial charge is 0.142 e. The minimum atomic E-state index is -0.395. The fourth-order valence-corrected chi connectivity index (χ4v) is 1.71. The Hall–Kier alpha value is -1.52. The molecule has 0 radical (unpaired) electrons. The van der Waals surface area contributed by atoms with Gasteiger partial charge >= 0.3 is 0 Å². The summed E-state index contributed by atoms with van der Waals surface area (Å²) in [6, 6.07) is 6.63. The molecule has 0 bridgehead atoms. The molecule has 0 aliphatic heterocycles. The molecule has 2 aromatic rings. The van der Waals surface area contributed by atoms with Crippen LogP contribution in [0.3, 0.4) is 0 Å². The van der Waals surface area contributed by atoms with Crippen molar-refractivity contribution in [1.82, 2.24) is 15.3 Å². The first-order valence-electron chi connectivity index (χ1n) is 5.58. The van der Waals surface area contributed by atoms with Gasteiger partial charge in [-0.1, -0.05) is 17.7 Å². The Bertz CT molecular complexity index is 546. The largest absolute Gasteiger partial charge is 0.307 e. The van der Waals surface area contributed by atoms with Crippen molar-refractivity contribution in [3.05, 3.63) is 58.4 Å². The SMILES string of the molecule is Cc1nccc(CNCc2ccc(Cl)c(F)c2)n1. The number of hydrogen-bond acceptors (Lipinski definition) is 3. The van der Waals surface area contributed by atoms with Gasteiger partial charge in [0, 0.05) is 19.3 Å². The Morgan fingerprint density at radius 1 is 1.28 bits per heavy atom. The number of hydrogen-bond donors (Lipinski definition) is 1. The van der Waals surface area contributed by atoms with Crippen LogP contribution in [0, 0.1) is 12.7 Å². The van der Waals surface area contributed by atoms with Crippen LogP contribution in [-0.2, 0) is 13.1 Å². The maximum absolute atomic E-state index is 13.2. The van der Waals surface area contributed by atoms with Crippen molar-refractivity contribution in [2.75, 3.05) is 0 Å². The first-order chi connectivity index (χ1) is 8.65. The average molecular weight is 266 g/mol. The molecule has 1 aromatic carbocycles. The third kappa shape index (κ3) is 3.48. The average Bonchev–Trinajstić information content (AvgIpc) is 2.34. The van der Waals surface area contributed by atoms with Crippen LogP contribution < -0.4 is 5.32 Å². The molecule has 0 spiro atoms. The van der Waals surface area contributed by atoms with Gasteiger partial charge in [-0.3, -0.25) is 0 Å². The van der Waals surface area contributed by atoms with E-state index in [1.54, 1.807) is 18.3 Å². The molecule has 0 amide bonds. The number of aromatic nitrogens is 2. The predicted octanol–water partition coefficient (Wildman–Crippen LogP) is 2.87. The summed E-state index contributed by atoms with van der Waals surface area (Å²) in [5, 5.41) is 3.34. The van der Waals surface area contributed by atoms with Crippen LogP contribution >= 0.6 is 11.6 Å². The molecule has 0 fully saturated rings. The second-order valence-corrected chi connectivity index (χ2v) is 4.35. The zero-order valence-corrected chi connectivity index (χ0v) is 10.7. The minimum Gasteiger partial charge on any atom is -0.307 e. The summed E-state index contributed by atoms with van der Waals surface area (Å²) in [7, 11) is 0. The molecule has 1 heterocycles. The van der Waals surface area contributed by atoms with Crippen LogP contribution in [0.1, 0.15) is 17.1 Å². The zero-order chi connectivity index (χ0) is 13.0. The van der Waals surface area contributed by atoms with Crippen molar-refractivity contribution in [2.45, 2.75) is 20.0 Å². The fourth-order valence-electron chi connectivity index (χ4n) is 1.59. The van der Waals surface area contributed by atoms with Crippen molar-refractivity contribution in [3.8, 4) is 0 Å². The Morgan fingerprint density at radius 3 is 2.83 bits per heavy atom. The molecule has 0 saturated carbocycles. The van der Waals surface area contributed by atoms with Gasteiger partial charge in [0.2, 0.25) is 0 Å². The van der Waals surface area contributed by atoms with Gasteiger partial charge < -0.3 is 5.32 Å². The summed E-state index contributed by atoms with van der Waals surface area (Å²) in [6.07, 6.45) is 1.72. The molecule has 1 N–H and O–H groups in total. The lowest BCUT2D eigenvalue weighted by Crippen LogP contribution is -2.14. The maximum atomic E-state index is 13.2. The zero-order valence-electron chi connectivity index (χ0n) is 9.95. The van der Waals surface area contributed by atoms with Gasteiger partial charge in [-0.2, -0.15) is 0 Å². The molecule has 0 aliphatic rings. The number of aryl methyl sites for hydroxylation is 1. The number of rotatable bonds is 4. The number of nitrogens with zero attached hydrogens (tertiary/aromatic N) is 2. The Labute approximate surface area is 110 Å². The van der Waals surface area contributed by atoms with E-state index < -0.39 is 5.82 Å². The number of nitrogens with one attached hydrogen (secondary N) is 1. The second-order valence-electron chi connectivity index (χ2n) is 3.95. The standard InChI is InChI=1S/C13H13ClFN3/c1-9-17-5-4-11(18-9)8-16-7-10-2-3-12(14)13(15)6-10/h2-6,16H,7-8H2,1H3. The lowest BCUT2D eigenvalue weighted by Gasteiger charge is -2.05. The molecular weight excluding hydrogens is 253 g/mol. The van der Waals surface area contributed by atoms with Gasteiger partial charge in [-0.05, 0) is 30.7 Å². The molecule has 0 aliphatic carbocycles. The third-order valence-corrected chi connectivity index (χ3v) is 2.76. The minimum absolute atomic E-state index is 0.144. The van der Waals surface area contributed by atoms with Crippen molar-refractivity contribution in [3.63, 3.8) is 0 Å². The molecule has 94 valence electrons. The van der Waals surface area contributed by atoms with Gasteiger partial charge in [-0.25, -0.2) is 14.4 Å². The molecule has 2 rings (SSSR count). The van der Waals surface area contributed by atoms with Crippen LogP contribution in [0.5, 0.6) is 0 Å². The van der Waals surface area contributed by atoms with Crippen LogP contribution in [0.2, 0.25) is 5.02 Å². The maximum Gasteiger partial charge on any atom is 0.142 e. The molecule has 1 aromatic heterocycles. The second kappa shape index (κ2) is 5.89. The molecular formula is C13H13ClFN3. The van der Waals surface area contributed by atoms with E-state index in [-0.39, 0.29) is 5.02 Å². The molecule has 0 saturated heterocycles. The Morgan fingerprint density at radius 2 is 2.11 bits per heavy atom. The van der Waals surface area contributed by atoms with Crippen LogP contribution in [0.15, 0.2) is 30.5 Å². The summed E-state index contributed by atoms with van der Waals surface area (Å²) in [5.74, 6) is 0.348. The lowest BCUT2D eigenvalue weighted by molar-refractivity contribution is 0.619. The Balaban J connectivity index is 1.90. The van der Waals surface area contributed by atoms with Crippen molar-refractivity contribution >= 4 is 11.6 Å². The Kier molecular flexibility index (Phi) is 4.23. The first-order valence-corrected chi connectivity index (χ1v) is 5.96. The van der Waals surface area contributed by atoms with Crippen LogP contribution in [0.25, 0.3) is 0 Å². The molecule has 18 heavy (non-hydrogen) atoms. The highest BCUT2D eigenvalue weighted by molar-refractivity contribution is 6.30. The lowest BCUT2D eigenvalue weighted by atomic mass is 10.2. The predicted molar refractivity (Wildman–Crippen MR) is 68.7 cm³/mol. The van der Waals surface area contributed by atoms with E-state index in [1.165, 1.54) is 6.07 Å². The van der Waals surface area contributed by atoms with Crippen molar-refractivity contribution in [2.24, 2.45) is 0 Å². The van der Waals surface area contributed by atoms with E-state index in [1.807, 2.05) is 13.0 Å². The first kappa shape index (κ1) is 12.9. The third-order valence-electron chi connectivity index (χ3n) is 2.45. The van der Waals surface area contributed by atoms with Crippen molar-refractivity contribution in [1.29, 1.82) is 0 Å². The molecule has 5 heteroatoms. The van der Waals surface area contributed by atoms with E-state index >= 15 is 0 Å². The van der Waals surface area contributed by atoms with Gasteiger partial charge in [0.1, 0.15) is 11.6 Å². The highest BCUT2D eigenvalue weighted by Gasteiger charge is 2.01. The summed E-state index contributed by atoms with van der Waals surface area (Å²) in [4.78, 5) is 8.29. The van der Waals surface area contributed by atoms with Crippen LogP contribution in [-0.4, -0.2) is 9.97 Å². The summed E-state index contributed by atoms with van der Waals surface area (Å²) >= 11 is 5.62. The van der Waals surface area contributed by atoms with E-state index in [0.29, 0.717) is 13.1 Å². The van der Waals surface area contributed by atoms with Crippen LogP contribution in [0.4, 0.5) is 4.39 Å². The molecule has 0 atom stereocenters. The highest BCUT2D eigenvalue weighted by Crippen LogP contribution is 2.15. The van der Waals surface area contributed by atoms with E-state index in [4.69, 9.17) is 11.6 Å². The van der Waals surface area contributed by atoms with E-state index in [0.717, 1.165) is 17.1 Å². The number of benzene rings is 1. The van der Waals surface area contributed by atoms with Gasteiger partial charge in [0.15, 0.2) is 0 Å². The summed E-state index contributed by atoms with van der Waals surface area (Å²) < 4.78 is 13.2. The van der Waals surface area contributed by atoms with Gasteiger partial charge in [0.25, 0.3) is 0 Å². The topological polar surface area (TPSA) is 37.8 Å². The number of halogens is 2. The monoisotopic (exact) mass is 265 g/mol. The van der Waals surface area contributed by atoms with Gasteiger partial charge in [0.05, 0.1) is 10.7 Å². The van der Waals surface area contributed by atoms with Crippen molar-refractivity contribution < 1.29 is 4.39 Å². The normalized spacial score (nSPS) is 10.6. The summed E-state index contributed by atoms with van der Waals surface area (Å²) in [6.45, 7) is 3.03. The quantitative estimate of drug-likeness (QED) is 0.924. The highest BCUT2D eigenvalue weighted by atomic mass is 35.5. The molecule has 0 unspecified atom stereocenters. The van der Waals surface area contributed by atoms with E-state index in [9.17, 15) is 4.39 Å². The van der Waals surface area contributed by atoms with E-state index in [2.05, 4.69) is 15.3 Å². The van der Waals surface area contributed by atoms with Gasteiger partial charge in [-0.15, -0.1) is 0 Å². The molecule has 3 nitrogen and oxygen atoms in total.